The van der Waals surface area contributed by atoms with Gasteiger partial charge in [0.25, 0.3) is 0 Å². The van der Waals surface area contributed by atoms with Gasteiger partial charge in [-0.2, -0.15) is 4.98 Å². The van der Waals surface area contributed by atoms with E-state index in [1.54, 1.807) is 0 Å². The Morgan fingerprint density at radius 2 is 2.10 bits per heavy atom. The summed E-state index contributed by atoms with van der Waals surface area (Å²) in [7, 11) is 0. The lowest BCUT2D eigenvalue weighted by atomic mass is 9.70. The van der Waals surface area contributed by atoms with E-state index in [4.69, 9.17) is 10.5 Å². The summed E-state index contributed by atoms with van der Waals surface area (Å²) in [5.41, 5.74) is 8.02. The molecule has 2 fully saturated rings. The van der Waals surface area contributed by atoms with E-state index in [0.29, 0.717) is 18.0 Å². The van der Waals surface area contributed by atoms with Crippen LogP contribution in [-0.4, -0.2) is 16.1 Å². The monoisotopic (exact) mass is 275 g/mol. The Kier molecular flexibility index (Phi) is 3.05. The van der Waals surface area contributed by atoms with Crippen LogP contribution in [0.4, 0.5) is 0 Å². The molecule has 0 saturated heterocycles. The van der Waals surface area contributed by atoms with Gasteiger partial charge in [0.15, 0.2) is 0 Å². The lowest BCUT2D eigenvalue weighted by Gasteiger charge is -2.38. The zero-order valence-corrected chi connectivity index (χ0v) is 12.9. The van der Waals surface area contributed by atoms with Gasteiger partial charge in [-0.1, -0.05) is 20.8 Å². The fraction of sp³-hybridized carbons (Fsp3) is 0.750. The predicted octanol–water partition coefficient (Wildman–Crippen LogP) is 2.84. The van der Waals surface area contributed by atoms with Crippen LogP contribution in [0.1, 0.15) is 51.4 Å². The van der Waals surface area contributed by atoms with Crippen molar-refractivity contribution in [2.24, 2.45) is 22.5 Å². The highest BCUT2D eigenvalue weighted by atomic mass is 16.5. The number of nitrogens with two attached hydrogens (primary N) is 1. The molecule has 2 aliphatic rings. The Hall–Kier alpha value is -1.16. The Balaban J connectivity index is 1.85. The fourth-order valence-electron chi connectivity index (χ4n) is 4.20. The van der Waals surface area contributed by atoms with Gasteiger partial charge in [0, 0.05) is 17.7 Å². The molecule has 3 atom stereocenters. The smallest absolute Gasteiger partial charge is 0.317 e. The first-order chi connectivity index (χ1) is 9.36. The van der Waals surface area contributed by atoms with Crippen LogP contribution >= 0.6 is 0 Å². The molecule has 2 saturated carbocycles. The molecule has 0 radical (unpaired) electrons. The summed E-state index contributed by atoms with van der Waals surface area (Å²) in [6.07, 6.45) is 3.92. The molecule has 20 heavy (non-hydrogen) atoms. The minimum Gasteiger partial charge on any atom is -0.460 e. The van der Waals surface area contributed by atoms with E-state index in [2.05, 4.69) is 30.7 Å². The van der Waals surface area contributed by atoms with E-state index < -0.39 is 0 Å². The molecule has 0 aliphatic heterocycles. The quantitative estimate of drug-likeness (QED) is 0.921. The zero-order chi connectivity index (χ0) is 14.5. The topological polar surface area (TPSA) is 61.0 Å². The van der Waals surface area contributed by atoms with Crippen molar-refractivity contribution in [1.82, 2.24) is 9.97 Å². The molecular formula is C16H25N3O. The van der Waals surface area contributed by atoms with Crippen LogP contribution in [0.5, 0.6) is 6.01 Å². The minimum absolute atomic E-state index is 0.226. The second-order valence-corrected chi connectivity index (χ2v) is 7.20. The molecular weight excluding hydrogens is 250 g/mol. The van der Waals surface area contributed by atoms with Crippen LogP contribution in [0.15, 0.2) is 6.07 Å². The average molecular weight is 275 g/mol. The van der Waals surface area contributed by atoms with Crippen LogP contribution in [0.2, 0.25) is 0 Å². The molecule has 3 rings (SSSR count). The highest BCUT2D eigenvalue weighted by Crippen LogP contribution is 2.66. The van der Waals surface area contributed by atoms with Gasteiger partial charge in [-0.15, -0.1) is 0 Å². The molecule has 0 aromatic carbocycles. The standard InChI is InChI=1S/C16H25N3O/c1-10-7-12(9-17)19-14(18-10)20-13-8-11-5-6-16(13,4)15(11,2)3/h7,11,13H,5-6,8-9,17H2,1-4H3. The average Bonchev–Trinajstić information content (AvgIpc) is 2.71. The molecule has 1 aromatic heterocycles. The first kappa shape index (κ1) is 13.8. The van der Waals surface area contributed by atoms with E-state index in [9.17, 15) is 0 Å². The summed E-state index contributed by atoms with van der Waals surface area (Å²) in [5, 5.41) is 0. The number of nitrogens with zero attached hydrogens (tertiary/aromatic N) is 2. The summed E-state index contributed by atoms with van der Waals surface area (Å²) in [6, 6.07) is 2.42. The third-order valence-electron chi connectivity index (χ3n) is 6.06. The molecule has 0 amide bonds. The lowest BCUT2D eigenvalue weighted by Crippen LogP contribution is -2.39. The largest absolute Gasteiger partial charge is 0.460 e. The fourth-order valence-corrected chi connectivity index (χ4v) is 4.20. The summed E-state index contributed by atoms with van der Waals surface area (Å²) >= 11 is 0. The molecule has 1 heterocycles. The van der Waals surface area contributed by atoms with Gasteiger partial charge in [-0.3, -0.25) is 0 Å². The van der Waals surface area contributed by atoms with Gasteiger partial charge in [-0.25, -0.2) is 4.98 Å². The van der Waals surface area contributed by atoms with Crippen molar-refractivity contribution in [3.05, 3.63) is 17.5 Å². The summed E-state index contributed by atoms with van der Waals surface area (Å²) < 4.78 is 6.19. The van der Waals surface area contributed by atoms with E-state index in [1.807, 2.05) is 13.0 Å². The Labute approximate surface area is 121 Å². The first-order valence-electron chi connectivity index (χ1n) is 7.58. The number of fused-ring (bicyclic) bond motifs is 2. The second kappa shape index (κ2) is 4.42. The zero-order valence-electron chi connectivity index (χ0n) is 12.9. The summed E-state index contributed by atoms with van der Waals surface area (Å²) in [5.74, 6) is 0.760. The minimum atomic E-state index is 0.226. The maximum atomic E-state index is 6.19. The van der Waals surface area contributed by atoms with Crippen LogP contribution < -0.4 is 10.5 Å². The third kappa shape index (κ3) is 1.85. The van der Waals surface area contributed by atoms with E-state index >= 15 is 0 Å². The highest BCUT2D eigenvalue weighted by molar-refractivity contribution is 5.16. The van der Waals surface area contributed by atoms with Crippen LogP contribution in [0.3, 0.4) is 0 Å². The number of rotatable bonds is 3. The lowest BCUT2D eigenvalue weighted by molar-refractivity contribution is 0.0239. The molecule has 3 unspecified atom stereocenters. The first-order valence-corrected chi connectivity index (χ1v) is 7.58. The van der Waals surface area contributed by atoms with E-state index in [-0.39, 0.29) is 11.5 Å². The Morgan fingerprint density at radius 1 is 1.35 bits per heavy atom. The molecule has 4 heteroatoms. The number of hydrogen-bond acceptors (Lipinski definition) is 4. The van der Waals surface area contributed by atoms with E-state index in [0.717, 1.165) is 23.7 Å². The SMILES string of the molecule is Cc1cc(CN)nc(OC2CC3CCC2(C)C3(C)C)n1. The maximum absolute atomic E-state index is 6.19. The Morgan fingerprint density at radius 3 is 2.65 bits per heavy atom. The predicted molar refractivity (Wildman–Crippen MR) is 78.3 cm³/mol. The molecule has 0 spiro atoms. The van der Waals surface area contributed by atoms with Gasteiger partial charge >= 0.3 is 6.01 Å². The summed E-state index contributed by atoms with van der Waals surface area (Å²) in [6.45, 7) is 9.52. The van der Waals surface area contributed by atoms with Gasteiger partial charge < -0.3 is 10.5 Å². The highest BCUT2D eigenvalue weighted by Gasteiger charge is 2.62. The second-order valence-electron chi connectivity index (χ2n) is 7.20. The van der Waals surface area contributed by atoms with Crippen molar-refractivity contribution >= 4 is 0 Å². The summed E-state index contributed by atoms with van der Waals surface area (Å²) in [4.78, 5) is 8.84. The van der Waals surface area contributed by atoms with Crippen molar-refractivity contribution in [2.75, 3.05) is 0 Å². The van der Waals surface area contributed by atoms with Crippen molar-refractivity contribution in [3.8, 4) is 6.01 Å². The maximum Gasteiger partial charge on any atom is 0.317 e. The third-order valence-corrected chi connectivity index (χ3v) is 6.06. The van der Waals surface area contributed by atoms with Crippen LogP contribution in [0.25, 0.3) is 0 Å². The van der Waals surface area contributed by atoms with Crippen molar-refractivity contribution in [1.29, 1.82) is 0 Å². The van der Waals surface area contributed by atoms with Crippen molar-refractivity contribution < 1.29 is 4.74 Å². The van der Waals surface area contributed by atoms with Gasteiger partial charge in [0.1, 0.15) is 6.10 Å². The van der Waals surface area contributed by atoms with Crippen molar-refractivity contribution in [2.45, 2.75) is 59.6 Å². The molecule has 1 aromatic rings. The number of aromatic nitrogens is 2. The van der Waals surface area contributed by atoms with Crippen molar-refractivity contribution in [3.63, 3.8) is 0 Å². The molecule has 2 aliphatic carbocycles. The number of aryl methyl sites for hydroxylation is 1. The van der Waals surface area contributed by atoms with E-state index in [1.165, 1.54) is 12.8 Å². The van der Waals surface area contributed by atoms with Crippen LogP contribution in [0, 0.1) is 23.7 Å². The van der Waals surface area contributed by atoms with Crippen LogP contribution in [-0.2, 0) is 6.54 Å². The number of ether oxygens (including phenoxy) is 1. The molecule has 4 nitrogen and oxygen atoms in total. The molecule has 2 N–H and O–H groups in total. The van der Waals surface area contributed by atoms with Gasteiger partial charge in [0.2, 0.25) is 0 Å². The number of hydrogen-bond donors (Lipinski definition) is 1. The van der Waals surface area contributed by atoms with Gasteiger partial charge in [-0.05, 0) is 43.6 Å². The Bertz CT molecular complexity index is 528. The normalized spacial score (nSPS) is 34.5. The molecule has 2 bridgehead atoms. The van der Waals surface area contributed by atoms with Gasteiger partial charge in [0.05, 0.1) is 5.69 Å². The molecule has 110 valence electrons.